The average molecular weight is 389 g/mol. The van der Waals surface area contributed by atoms with Gasteiger partial charge in [-0.25, -0.2) is 23.9 Å². The van der Waals surface area contributed by atoms with Crippen LogP contribution in [0.1, 0.15) is 6.92 Å². The van der Waals surface area contributed by atoms with Crippen molar-refractivity contribution in [1.82, 2.24) is 15.3 Å². The molecule has 0 saturated carbocycles. The minimum absolute atomic E-state index is 0.176. The fraction of sp³-hybridized carbons (Fsp3) is 0.235. The highest BCUT2D eigenvalue weighted by molar-refractivity contribution is 5.90. The molecule has 10 nitrogen and oxygen atoms in total. The Morgan fingerprint density at radius 2 is 2.11 bits per heavy atom. The first-order valence-corrected chi connectivity index (χ1v) is 8.15. The number of cyclic esters (lactones) is 1. The van der Waals surface area contributed by atoms with Crippen LogP contribution in [-0.2, 0) is 9.53 Å². The number of benzene rings is 1. The molecule has 2 heterocycles. The van der Waals surface area contributed by atoms with Crippen molar-refractivity contribution < 1.29 is 28.2 Å². The first-order valence-electron chi connectivity index (χ1n) is 8.15. The van der Waals surface area contributed by atoms with E-state index in [9.17, 15) is 18.8 Å². The van der Waals surface area contributed by atoms with E-state index in [1.54, 1.807) is 6.07 Å². The lowest BCUT2D eigenvalue weighted by Gasteiger charge is -2.14. The van der Waals surface area contributed by atoms with Crippen molar-refractivity contribution in [2.24, 2.45) is 5.73 Å². The van der Waals surface area contributed by atoms with Crippen molar-refractivity contribution in [2.45, 2.75) is 13.0 Å². The predicted molar refractivity (Wildman–Crippen MR) is 93.9 cm³/mol. The topological polar surface area (TPSA) is 137 Å². The molecule has 1 atom stereocenters. The molecule has 1 aliphatic rings. The molecule has 2 aromatic rings. The normalized spacial score (nSPS) is 15.9. The number of carbonyl (C=O) groups excluding carboxylic acids is 3. The molecule has 3 N–H and O–H groups in total. The van der Waals surface area contributed by atoms with Crippen LogP contribution in [0, 0.1) is 5.82 Å². The van der Waals surface area contributed by atoms with Crippen molar-refractivity contribution in [3.05, 3.63) is 36.4 Å². The number of aromatic nitrogens is 2. The van der Waals surface area contributed by atoms with E-state index in [-0.39, 0.29) is 30.6 Å². The van der Waals surface area contributed by atoms with Crippen LogP contribution in [0.2, 0.25) is 0 Å². The third-order valence-corrected chi connectivity index (χ3v) is 3.85. The molecule has 3 amide bonds. The Hall–Kier alpha value is -3.76. The highest BCUT2D eigenvalue weighted by Crippen LogP contribution is 2.28. The Balaban J connectivity index is 1.74. The van der Waals surface area contributed by atoms with Gasteiger partial charge in [0.25, 0.3) is 0 Å². The van der Waals surface area contributed by atoms with E-state index in [0.29, 0.717) is 11.3 Å². The van der Waals surface area contributed by atoms with Gasteiger partial charge in [-0.05, 0) is 18.2 Å². The number of nitrogens with zero attached hydrogens (tertiary/aromatic N) is 3. The SMILES string of the molecule is CC(=O)NC[C@@H]1CN(c2ccc(-c3cnc(OC(N)=O)nc3)c(F)c2)C(=O)O1. The standard InChI is InChI=1S/C17H16FN5O5/c1-9(24)20-7-12-8-23(17(26)27-12)11-2-3-13(14(18)4-11)10-5-21-16(22-6-10)28-15(19)25/h2-6,12H,7-8H2,1H3,(H2,19,25)(H,20,24)/t12-/m1/s1. The Bertz CT molecular complexity index is 921. The van der Waals surface area contributed by atoms with Crippen molar-refractivity contribution in [3.8, 4) is 17.1 Å². The third-order valence-electron chi connectivity index (χ3n) is 3.85. The van der Waals surface area contributed by atoms with Crippen LogP contribution >= 0.6 is 0 Å². The summed E-state index contributed by atoms with van der Waals surface area (Å²) in [5, 5.41) is 2.57. The molecule has 1 fully saturated rings. The zero-order valence-corrected chi connectivity index (χ0v) is 14.7. The lowest BCUT2D eigenvalue weighted by atomic mass is 10.1. The van der Waals surface area contributed by atoms with E-state index < -0.39 is 24.1 Å². The third kappa shape index (κ3) is 4.31. The Morgan fingerprint density at radius 1 is 1.39 bits per heavy atom. The van der Waals surface area contributed by atoms with Gasteiger partial charge < -0.3 is 20.5 Å². The summed E-state index contributed by atoms with van der Waals surface area (Å²) >= 11 is 0. The highest BCUT2D eigenvalue weighted by Gasteiger charge is 2.32. The van der Waals surface area contributed by atoms with Gasteiger partial charge in [0.15, 0.2) is 0 Å². The summed E-state index contributed by atoms with van der Waals surface area (Å²) in [7, 11) is 0. The Kier molecular flexibility index (Phi) is 5.34. The largest absolute Gasteiger partial charge is 0.442 e. The van der Waals surface area contributed by atoms with Gasteiger partial charge in [0, 0.05) is 30.4 Å². The number of rotatable bonds is 5. The Labute approximate surface area is 158 Å². The zero-order chi connectivity index (χ0) is 20.3. The zero-order valence-electron chi connectivity index (χ0n) is 14.7. The van der Waals surface area contributed by atoms with Crippen LogP contribution in [-0.4, -0.2) is 47.3 Å². The van der Waals surface area contributed by atoms with E-state index in [1.165, 1.54) is 36.4 Å². The monoisotopic (exact) mass is 389 g/mol. The number of nitrogens with one attached hydrogen (secondary N) is 1. The molecular formula is C17H16FN5O5. The number of hydrogen-bond acceptors (Lipinski definition) is 7. The van der Waals surface area contributed by atoms with Gasteiger partial charge in [-0.2, -0.15) is 0 Å². The van der Waals surface area contributed by atoms with E-state index in [0.717, 1.165) is 0 Å². The number of amides is 3. The molecule has 1 aromatic carbocycles. The molecule has 1 aromatic heterocycles. The molecule has 0 unspecified atom stereocenters. The first kappa shape index (κ1) is 19.0. The fourth-order valence-corrected chi connectivity index (χ4v) is 2.60. The summed E-state index contributed by atoms with van der Waals surface area (Å²) in [6.45, 7) is 1.72. The average Bonchev–Trinajstić information content (AvgIpc) is 3.01. The molecular weight excluding hydrogens is 373 g/mol. The summed E-state index contributed by atoms with van der Waals surface area (Å²) in [4.78, 5) is 42.5. The number of nitrogens with two attached hydrogens (primary N) is 1. The number of halogens is 1. The van der Waals surface area contributed by atoms with Gasteiger partial charge in [-0.1, -0.05) is 0 Å². The predicted octanol–water partition coefficient (Wildman–Crippen LogP) is 1.20. The number of primary amides is 1. The summed E-state index contributed by atoms with van der Waals surface area (Å²) < 4.78 is 24.3. The summed E-state index contributed by atoms with van der Waals surface area (Å²) in [6.07, 6.45) is 0.343. The molecule has 1 saturated heterocycles. The molecule has 1 aliphatic heterocycles. The fourth-order valence-electron chi connectivity index (χ4n) is 2.60. The van der Waals surface area contributed by atoms with Crippen LogP contribution in [0.5, 0.6) is 6.01 Å². The summed E-state index contributed by atoms with van der Waals surface area (Å²) in [5.41, 5.74) is 5.71. The van der Waals surface area contributed by atoms with Crippen LogP contribution in [0.3, 0.4) is 0 Å². The van der Waals surface area contributed by atoms with E-state index >= 15 is 0 Å². The van der Waals surface area contributed by atoms with Gasteiger partial charge in [0.1, 0.15) is 11.9 Å². The van der Waals surface area contributed by atoms with Gasteiger partial charge in [0.2, 0.25) is 5.91 Å². The molecule has 3 rings (SSSR count). The van der Waals surface area contributed by atoms with E-state index in [1.807, 2.05) is 0 Å². The Morgan fingerprint density at radius 3 is 2.71 bits per heavy atom. The molecule has 28 heavy (non-hydrogen) atoms. The lowest BCUT2D eigenvalue weighted by Crippen LogP contribution is -2.33. The summed E-state index contributed by atoms with van der Waals surface area (Å²) in [6, 6.07) is 3.95. The number of anilines is 1. The van der Waals surface area contributed by atoms with Gasteiger partial charge in [-0.15, -0.1) is 0 Å². The molecule has 0 bridgehead atoms. The van der Waals surface area contributed by atoms with E-state index in [4.69, 9.17) is 10.5 Å². The first-order chi connectivity index (χ1) is 13.3. The molecule has 0 aliphatic carbocycles. The van der Waals surface area contributed by atoms with Crippen LogP contribution in [0.25, 0.3) is 11.1 Å². The molecule has 0 spiro atoms. The lowest BCUT2D eigenvalue weighted by molar-refractivity contribution is -0.119. The molecule has 146 valence electrons. The second-order valence-corrected chi connectivity index (χ2v) is 5.89. The second kappa shape index (κ2) is 7.86. The van der Waals surface area contributed by atoms with Crippen molar-refractivity contribution in [3.63, 3.8) is 0 Å². The molecule has 11 heteroatoms. The maximum absolute atomic E-state index is 14.6. The maximum atomic E-state index is 14.6. The van der Waals surface area contributed by atoms with Gasteiger partial charge in [0.05, 0.1) is 18.8 Å². The van der Waals surface area contributed by atoms with Crippen molar-refractivity contribution >= 4 is 23.8 Å². The smallest absolute Gasteiger partial charge is 0.414 e. The maximum Gasteiger partial charge on any atom is 0.414 e. The quantitative estimate of drug-likeness (QED) is 0.784. The van der Waals surface area contributed by atoms with Crippen LogP contribution in [0.4, 0.5) is 19.7 Å². The van der Waals surface area contributed by atoms with Crippen LogP contribution < -0.4 is 20.7 Å². The molecule has 0 radical (unpaired) electrons. The van der Waals surface area contributed by atoms with Gasteiger partial charge >= 0.3 is 18.2 Å². The summed E-state index contributed by atoms with van der Waals surface area (Å²) in [5.74, 6) is -0.845. The van der Waals surface area contributed by atoms with Crippen molar-refractivity contribution in [1.29, 1.82) is 0 Å². The minimum atomic E-state index is -1.06. The minimum Gasteiger partial charge on any atom is -0.442 e. The van der Waals surface area contributed by atoms with Crippen LogP contribution in [0.15, 0.2) is 30.6 Å². The number of carbonyl (C=O) groups is 3. The van der Waals surface area contributed by atoms with Gasteiger partial charge in [-0.3, -0.25) is 9.69 Å². The van der Waals surface area contributed by atoms with Crippen molar-refractivity contribution in [2.75, 3.05) is 18.0 Å². The highest BCUT2D eigenvalue weighted by atomic mass is 19.1. The number of ether oxygens (including phenoxy) is 2. The number of hydrogen-bond donors (Lipinski definition) is 2. The second-order valence-electron chi connectivity index (χ2n) is 5.89. The van der Waals surface area contributed by atoms with E-state index in [2.05, 4.69) is 20.0 Å².